The molecule has 3 rings (SSSR count). The summed E-state index contributed by atoms with van der Waals surface area (Å²) in [6.07, 6.45) is 0.394. The van der Waals surface area contributed by atoms with Crippen molar-refractivity contribution in [2.75, 3.05) is 19.5 Å². The summed E-state index contributed by atoms with van der Waals surface area (Å²) in [4.78, 5) is 16.0. The van der Waals surface area contributed by atoms with Gasteiger partial charge in [-0.1, -0.05) is 6.07 Å². The fraction of sp³-hybridized carbons (Fsp3) is 0.304. The zero-order chi connectivity index (χ0) is 22.8. The Bertz CT molecular complexity index is 1130. The molecule has 0 saturated carbocycles. The largest absolute Gasteiger partial charge is 0.493 e. The van der Waals surface area contributed by atoms with Gasteiger partial charge >= 0.3 is 6.09 Å². The maximum absolute atomic E-state index is 14.7. The fourth-order valence-electron chi connectivity index (χ4n) is 3.11. The van der Waals surface area contributed by atoms with Crippen LogP contribution >= 0.6 is 0 Å². The van der Waals surface area contributed by atoms with Gasteiger partial charge in [-0.05, 0) is 44.5 Å². The van der Waals surface area contributed by atoms with Gasteiger partial charge in [0.1, 0.15) is 17.2 Å². The van der Waals surface area contributed by atoms with E-state index < -0.39 is 23.3 Å². The summed E-state index contributed by atoms with van der Waals surface area (Å²) in [6, 6.07) is 7.46. The van der Waals surface area contributed by atoms with Gasteiger partial charge < -0.3 is 14.2 Å². The summed E-state index contributed by atoms with van der Waals surface area (Å²) < 4.78 is 45.1. The Morgan fingerprint density at radius 3 is 2.32 bits per heavy atom. The molecule has 6 nitrogen and oxygen atoms in total. The van der Waals surface area contributed by atoms with Crippen LogP contribution in [0.4, 0.5) is 19.3 Å². The standard InChI is InChI=1S/C23H24F2N2O4/c1-23(2,3)31-22(28)27-14-7-6-13(17(24)9-14)8-15-16-10-20(29-4)21(30-5)11-19(16)26-12-18(15)25/h6-7,9-12H,8H2,1-5H3,(H,27,28). The predicted molar refractivity (Wildman–Crippen MR) is 114 cm³/mol. The Morgan fingerprint density at radius 2 is 1.71 bits per heavy atom. The number of nitrogens with zero attached hydrogens (tertiary/aromatic N) is 1. The normalized spacial score (nSPS) is 11.3. The number of hydrogen-bond acceptors (Lipinski definition) is 5. The number of hydrogen-bond donors (Lipinski definition) is 1. The van der Waals surface area contributed by atoms with Gasteiger partial charge in [0.25, 0.3) is 0 Å². The first-order valence-electron chi connectivity index (χ1n) is 9.59. The van der Waals surface area contributed by atoms with Crippen molar-refractivity contribution in [2.24, 2.45) is 0 Å². The molecular weight excluding hydrogens is 406 g/mol. The molecule has 0 radical (unpaired) electrons. The SMILES string of the molecule is COc1cc2ncc(F)c(Cc3ccc(NC(=O)OC(C)(C)C)cc3F)c2cc1OC. The molecule has 0 saturated heterocycles. The molecule has 1 N–H and O–H groups in total. The fourth-order valence-corrected chi connectivity index (χ4v) is 3.11. The highest BCUT2D eigenvalue weighted by Crippen LogP contribution is 2.34. The van der Waals surface area contributed by atoms with Gasteiger partial charge in [-0.3, -0.25) is 10.3 Å². The smallest absolute Gasteiger partial charge is 0.412 e. The van der Waals surface area contributed by atoms with E-state index in [1.807, 2.05) is 0 Å². The number of methoxy groups -OCH3 is 2. The van der Waals surface area contributed by atoms with Crippen LogP contribution in [0.1, 0.15) is 31.9 Å². The first kappa shape index (κ1) is 22.3. The summed E-state index contributed by atoms with van der Waals surface area (Å²) in [6.45, 7) is 5.19. The minimum atomic E-state index is -0.688. The molecule has 1 amide bonds. The molecule has 0 aliphatic rings. The zero-order valence-electron chi connectivity index (χ0n) is 18.0. The molecule has 3 aromatic rings. The van der Waals surface area contributed by atoms with E-state index in [2.05, 4.69) is 10.3 Å². The van der Waals surface area contributed by atoms with Crippen molar-refractivity contribution in [3.05, 3.63) is 59.3 Å². The zero-order valence-corrected chi connectivity index (χ0v) is 18.0. The second-order valence-electron chi connectivity index (χ2n) is 7.92. The van der Waals surface area contributed by atoms with E-state index >= 15 is 0 Å². The van der Waals surface area contributed by atoms with E-state index in [1.54, 1.807) is 32.9 Å². The lowest BCUT2D eigenvalue weighted by molar-refractivity contribution is 0.0636. The average Bonchev–Trinajstić information content (AvgIpc) is 2.69. The number of benzene rings is 2. The van der Waals surface area contributed by atoms with Crippen molar-refractivity contribution >= 4 is 22.7 Å². The molecule has 31 heavy (non-hydrogen) atoms. The Labute approximate surface area is 179 Å². The number of ether oxygens (including phenoxy) is 3. The van der Waals surface area contributed by atoms with Crippen molar-refractivity contribution in [1.82, 2.24) is 4.98 Å². The van der Waals surface area contributed by atoms with Crippen molar-refractivity contribution in [3.63, 3.8) is 0 Å². The van der Waals surface area contributed by atoms with Crippen LogP contribution in [0.25, 0.3) is 10.9 Å². The van der Waals surface area contributed by atoms with E-state index in [1.165, 1.54) is 32.4 Å². The maximum atomic E-state index is 14.7. The second-order valence-corrected chi connectivity index (χ2v) is 7.92. The number of fused-ring (bicyclic) bond motifs is 1. The van der Waals surface area contributed by atoms with Crippen molar-refractivity contribution in [3.8, 4) is 11.5 Å². The lowest BCUT2D eigenvalue weighted by Crippen LogP contribution is -2.27. The lowest BCUT2D eigenvalue weighted by Gasteiger charge is -2.19. The predicted octanol–water partition coefficient (Wildman–Crippen LogP) is 5.47. The molecule has 0 unspecified atom stereocenters. The quantitative estimate of drug-likeness (QED) is 0.581. The van der Waals surface area contributed by atoms with Gasteiger partial charge in [-0.2, -0.15) is 0 Å². The van der Waals surface area contributed by atoms with E-state index in [0.717, 1.165) is 6.20 Å². The summed E-state index contributed by atoms with van der Waals surface area (Å²) in [5, 5.41) is 2.98. The molecule has 2 aromatic carbocycles. The molecule has 8 heteroatoms. The molecule has 0 atom stereocenters. The maximum Gasteiger partial charge on any atom is 0.412 e. The minimum Gasteiger partial charge on any atom is -0.493 e. The topological polar surface area (TPSA) is 69.7 Å². The first-order valence-corrected chi connectivity index (χ1v) is 9.59. The van der Waals surface area contributed by atoms with Gasteiger partial charge in [-0.15, -0.1) is 0 Å². The molecular formula is C23H24F2N2O4. The van der Waals surface area contributed by atoms with Crippen LogP contribution in [0.5, 0.6) is 11.5 Å². The lowest BCUT2D eigenvalue weighted by atomic mass is 9.99. The van der Waals surface area contributed by atoms with Gasteiger partial charge in [0.2, 0.25) is 0 Å². The second kappa shape index (κ2) is 8.75. The van der Waals surface area contributed by atoms with Crippen LogP contribution in [0.2, 0.25) is 0 Å². The summed E-state index contributed by atoms with van der Waals surface area (Å²) >= 11 is 0. The number of halogens is 2. The Morgan fingerprint density at radius 1 is 1.03 bits per heavy atom. The molecule has 1 heterocycles. The highest BCUT2D eigenvalue weighted by atomic mass is 19.1. The Kier molecular flexibility index (Phi) is 6.29. The molecule has 0 bridgehead atoms. The van der Waals surface area contributed by atoms with Crippen LogP contribution in [0.15, 0.2) is 36.5 Å². The monoisotopic (exact) mass is 430 g/mol. The third-order valence-electron chi connectivity index (χ3n) is 4.50. The number of rotatable bonds is 5. The molecule has 0 aliphatic heterocycles. The van der Waals surface area contributed by atoms with Crippen LogP contribution in [0, 0.1) is 11.6 Å². The van der Waals surface area contributed by atoms with E-state index in [4.69, 9.17) is 14.2 Å². The Hall–Kier alpha value is -3.42. The van der Waals surface area contributed by atoms with Gasteiger partial charge in [0.05, 0.1) is 25.9 Å². The van der Waals surface area contributed by atoms with Crippen molar-refractivity contribution < 1.29 is 27.8 Å². The number of pyridine rings is 1. The number of carbonyl (C=O) groups is 1. The van der Waals surface area contributed by atoms with Crippen LogP contribution in [0.3, 0.4) is 0 Å². The summed E-state index contributed by atoms with van der Waals surface area (Å²) in [7, 11) is 2.97. The third-order valence-corrected chi connectivity index (χ3v) is 4.50. The van der Waals surface area contributed by atoms with E-state index in [0.29, 0.717) is 22.4 Å². The minimum absolute atomic E-state index is 0.0150. The summed E-state index contributed by atoms with van der Waals surface area (Å²) in [5.41, 5.74) is 0.597. The van der Waals surface area contributed by atoms with Crippen LogP contribution < -0.4 is 14.8 Å². The van der Waals surface area contributed by atoms with Crippen molar-refractivity contribution in [2.45, 2.75) is 32.8 Å². The highest BCUT2D eigenvalue weighted by molar-refractivity contribution is 5.86. The summed E-state index contributed by atoms with van der Waals surface area (Å²) in [5.74, 6) is -0.265. The highest BCUT2D eigenvalue weighted by Gasteiger charge is 2.18. The average molecular weight is 430 g/mol. The molecule has 0 fully saturated rings. The van der Waals surface area contributed by atoms with E-state index in [-0.39, 0.29) is 23.2 Å². The van der Waals surface area contributed by atoms with Gasteiger partial charge in [0, 0.05) is 29.1 Å². The number of amides is 1. The molecule has 0 aliphatic carbocycles. The van der Waals surface area contributed by atoms with Gasteiger partial charge in [-0.25, -0.2) is 13.6 Å². The van der Waals surface area contributed by atoms with Crippen LogP contribution in [-0.4, -0.2) is 30.9 Å². The van der Waals surface area contributed by atoms with E-state index in [9.17, 15) is 13.6 Å². The number of anilines is 1. The molecule has 1 aromatic heterocycles. The Balaban J connectivity index is 1.92. The first-order chi connectivity index (χ1) is 14.6. The molecule has 164 valence electrons. The van der Waals surface area contributed by atoms with Crippen molar-refractivity contribution in [1.29, 1.82) is 0 Å². The number of nitrogens with one attached hydrogen (secondary N) is 1. The third kappa shape index (κ3) is 5.20. The molecule has 0 spiro atoms. The van der Waals surface area contributed by atoms with Crippen LogP contribution in [-0.2, 0) is 11.2 Å². The number of aromatic nitrogens is 1. The number of carbonyl (C=O) groups excluding carboxylic acids is 1. The van der Waals surface area contributed by atoms with Gasteiger partial charge in [0.15, 0.2) is 11.5 Å².